The number of carbonyl (C=O) groups is 3. The van der Waals surface area contributed by atoms with Crippen LogP contribution in [0.3, 0.4) is 0 Å². The molecule has 0 aromatic heterocycles. The lowest BCUT2D eigenvalue weighted by Gasteiger charge is -2.34. The number of rotatable bonds is 4. The van der Waals surface area contributed by atoms with Crippen molar-refractivity contribution in [2.24, 2.45) is 5.92 Å². The third kappa shape index (κ3) is 3.86. The van der Waals surface area contributed by atoms with E-state index in [9.17, 15) is 14.4 Å². The maximum absolute atomic E-state index is 12.2. The van der Waals surface area contributed by atoms with Gasteiger partial charge in [-0.3, -0.25) is 14.4 Å². The standard InChI is InChI=1S/C12H18N2O4S/c15-10(16)4-3-8-2-1-5-14(6-8)11(17)9-7-19-12(18)13-9/h8-9H,1-7H2,(H,13,18)(H,15,16)/t8?,9-/m0/s1. The fourth-order valence-corrected chi connectivity index (χ4v) is 3.34. The van der Waals surface area contributed by atoms with Crippen LogP contribution in [0.5, 0.6) is 0 Å². The van der Waals surface area contributed by atoms with E-state index >= 15 is 0 Å². The van der Waals surface area contributed by atoms with E-state index in [-0.39, 0.29) is 23.5 Å². The van der Waals surface area contributed by atoms with Gasteiger partial charge in [-0.25, -0.2) is 0 Å². The third-order valence-corrected chi connectivity index (χ3v) is 4.45. The molecule has 106 valence electrons. The van der Waals surface area contributed by atoms with Gasteiger partial charge in [0, 0.05) is 25.3 Å². The van der Waals surface area contributed by atoms with Gasteiger partial charge in [-0.2, -0.15) is 0 Å². The molecule has 2 N–H and O–H groups in total. The minimum atomic E-state index is -0.789. The largest absolute Gasteiger partial charge is 0.481 e. The first-order valence-electron chi connectivity index (χ1n) is 6.50. The Morgan fingerprint density at radius 2 is 2.26 bits per heavy atom. The first kappa shape index (κ1) is 14.2. The van der Waals surface area contributed by atoms with Gasteiger partial charge in [-0.15, -0.1) is 0 Å². The number of thioether (sulfide) groups is 1. The molecule has 2 rings (SSSR count). The lowest BCUT2D eigenvalue weighted by Crippen LogP contribution is -2.49. The second-order valence-electron chi connectivity index (χ2n) is 5.02. The Bertz CT molecular complexity index is 388. The third-order valence-electron chi connectivity index (χ3n) is 3.57. The molecule has 0 bridgehead atoms. The number of hydrogen-bond donors (Lipinski definition) is 2. The fraction of sp³-hybridized carbons (Fsp3) is 0.750. The Labute approximate surface area is 115 Å². The number of piperidine rings is 1. The summed E-state index contributed by atoms with van der Waals surface area (Å²) in [6.45, 7) is 1.32. The predicted octanol–water partition coefficient (Wildman–Crippen LogP) is 0.915. The van der Waals surface area contributed by atoms with Gasteiger partial charge < -0.3 is 15.3 Å². The summed E-state index contributed by atoms with van der Waals surface area (Å²) < 4.78 is 0. The molecule has 19 heavy (non-hydrogen) atoms. The molecule has 2 aliphatic rings. The molecule has 0 saturated carbocycles. The van der Waals surface area contributed by atoms with Crippen molar-refractivity contribution in [3.63, 3.8) is 0 Å². The lowest BCUT2D eigenvalue weighted by molar-refractivity contribution is -0.137. The summed E-state index contributed by atoms with van der Waals surface area (Å²) in [7, 11) is 0. The van der Waals surface area contributed by atoms with Gasteiger partial charge in [0.15, 0.2) is 0 Å². The maximum Gasteiger partial charge on any atom is 0.303 e. The molecular weight excluding hydrogens is 268 g/mol. The Hall–Kier alpha value is -1.24. The van der Waals surface area contributed by atoms with Crippen molar-refractivity contribution < 1.29 is 19.5 Å². The van der Waals surface area contributed by atoms with Crippen molar-refractivity contribution in [1.29, 1.82) is 0 Å². The summed E-state index contributed by atoms with van der Waals surface area (Å²) >= 11 is 1.14. The van der Waals surface area contributed by atoms with E-state index < -0.39 is 12.0 Å². The van der Waals surface area contributed by atoms with Crippen LogP contribution >= 0.6 is 11.8 Å². The average Bonchev–Trinajstić information content (AvgIpc) is 2.82. The van der Waals surface area contributed by atoms with E-state index in [2.05, 4.69) is 5.32 Å². The number of nitrogens with zero attached hydrogens (tertiary/aromatic N) is 1. The summed E-state index contributed by atoms with van der Waals surface area (Å²) in [5, 5.41) is 11.2. The van der Waals surface area contributed by atoms with Gasteiger partial charge in [0.2, 0.25) is 5.91 Å². The minimum absolute atomic E-state index is 0.0293. The topological polar surface area (TPSA) is 86.7 Å². The highest BCUT2D eigenvalue weighted by Gasteiger charge is 2.33. The highest BCUT2D eigenvalue weighted by atomic mass is 32.2. The molecule has 0 aromatic rings. The molecule has 0 aromatic carbocycles. The zero-order valence-corrected chi connectivity index (χ0v) is 11.4. The number of amides is 2. The Balaban J connectivity index is 1.84. The highest BCUT2D eigenvalue weighted by molar-refractivity contribution is 8.14. The highest BCUT2D eigenvalue weighted by Crippen LogP contribution is 2.23. The molecule has 0 radical (unpaired) electrons. The minimum Gasteiger partial charge on any atom is -0.481 e. The lowest BCUT2D eigenvalue weighted by atomic mass is 9.93. The molecule has 0 spiro atoms. The quantitative estimate of drug-likeness (QED) is 0.802. The molecule has 2 atom stereocenters. The number of hydrogen-bond acceptors (Lipinski definition) is 4. The average molecular weight is 286 g/mol. The van der Waals surface area contributed by atoms with Crippen LogP contribution in [0.15, 0.2) is 0 Å². The van der Waals surface area contributed by atoms with Gasteiger partial charge in [0.1, 0.15) is 6.04 Å². The summed E-state index contributed by atoms with van der Waals surface area (Å²) in [6.07, 6.45) is 2.65. The molecule has 2 amide bonds. The fourth-order valence-electron chi connectivity index (χ4n) is 2.57. The van der Waals surface area contributed by atoms with Crippen LogP contribution in [0.4, 0.5) is 4.79 Å². The van der Waals surface area contributed by atoms with E-state index in [0.717, 1.165) is 24.6 Å². The monoisotopic (exact) mass is 286 g/mol. The van der Waals surface area contributed by atoms with Crippen molar-refractivity contribution in [2.45, 2.75) is 31.7 Å². The van der Waals surface area contributed by atoms with E-state index in [0.29, 0.717) is 25.3 Å². The van der Waals surface area contributed by atoms with Crippen molar-refractivity contribution in [2.75, 3.05) is 18.8 Å². The van der Waals surface area contributed by atoms with E-state index in [1.165, 1.54) is 0 Å². The molecule has 1 unspecified atom stereocenters. The van der Waals surface area contributed by atoms with Crippen molar-refractivity contribution in [3.05, 3.63) is 0 Å². The normalized spacial score (nSPS) is 27.2. The zero-order valence-electron chi connectivity index (χ0n) is 10.6. The Kier molecular flexibility index (Phi) is 4.68. The first-order chi connectivity index (χ1) is 9.06. The summed E-state index contributed by atoms with van der Waals surface area (Å²) in [5.74, 6) is -0.0617. The zero-order chi connectivity index (χ0) is 13.8. The number of nitrogens with one attached hydrogen (secondary N) is 1. The summed E-state index contributed by atoms with van der Waals surface area (Å²) in [6, 6.07) is -0.407. The second-order valence-corrected chi connectivity index (χ2v) is 6.01. The van der Waals surface area contributed by atoms with Crippen LogP contribution in [0.1, 0.15) is 25.7 Å². The van der Waals surface area contributed by atoms with Crippen molar-refractivity contribution >= 4 is 28.9 Å². The van der Waals surface area contributed by atoms with Crippen LogP contribution in [0.25, 0.3) is 0 Å². The van der Waals surface area contributed by atoms with Gasteiger partial charge in [-0.05, 0) is 25.2 Å². The van der Waals surface area contributed by atoms with E-state index in [1.54, 1.807) is 4.90 Å². The van der Waals surface area contributed by atoms with Crippen molar-refractivity contribution in [1.82, 2.24) is 10.2 Å². The molecular formula is C12H18N2O4S. The number of carboxylic acid groups (broad SMARTS) is 1. The molecule has 7 heteroatoms. The number of carboxylic acids is 1. The maximum atomic E-state index is 12.2. The smallest absolute Gasteiger partial charge is 0.303 e. The summed E-state index contributed by atoms with van der Waals surface area (Å²) in [5.41, 5.74) is 0. The van der Waals surface area contributed by atoms with Gasteiger partial charge in [0.25, 0.3) is 5.24 Å². The molecule has 2 saturated heterocycles. The molecule has 2 aliphatic heterocycles. The molecule has 6 nitrogen and oxygen atoms in total. The summed E-state index contributed by atoms with van der Waals surface area (Å²) in [4.78, 5) is 35.7. The van der Waals surface area contributed by atoms with E-state index in [1.807, 2.05) is 0 Å². The van der Waals surface area contributed by atoms with Gasteiger partial charge in [-0.1, -0.05) is 11.8 Å². The molecule has 2 fully saturated rings. The molecule has 2 heterocycles. The van der Waals surface area contributed by atoms with Crippen molar-refractivity contribution in [3.8, 4) is 0 Å². The van der Waals surface area contributed by atoms with Gasteiger partial charge >= 0.3 is 5.97 Å². The van der Waals surface area contributed by atoms with Crippen LogP contribution in [0.2, 0.25) is 0 Å². The van der Waals surface area contributed by atoms with E-state index in [4.69, 9.17) is 5.11 Å². The van der Waals surface area contributed by atoms with Gasteiger partial charge in [0.05, 0.1) is 0 Å². The van der Waals surface area contributed by atoms with Crippen LogP contribution in [-0.2, 0) is 9.59 Å². The predicted molar refractivity (Wildman–Crippen MR) is 71.0 cm³/mol. The SMILES string of the molecule is O=C(O)CCC1CCCN(C(=O)[C@@H]2CSC(=O)N2)C1. The van der Waals surface area contributed by atoms with Crippen LogP contribution in [-0.4, -0.2) is 52.0 Å². The molecule has 0 aliphatic carbocycles. The Morgan fingerprint density at radius 1 is 1.47 bits per heavy atom. The number of likely N-dealkylation sites (tertiary alicyclic amines) is 1. The number of aliphatic carboxylic acids is 1. The first-order valence-corrected chi connectivity index (χ1v) is 7.48. The van der Waals surface area contributed by atoms with Crippen LogP contribution < -0.4 is 5.32 Å². The van der Waals surface area contributed by atoms with Crippen LogP contribution in [0, 0.1) is 5.92 Å². The number of carbonyl (C=O) groups excluding carboxylic acids is 2. The Morgan fingerprint density at radius 3 is 2.89 bits per heavy atom. The second kappa shape index (κ2) is 6.27.